The third-order valence-corrected chi connectivity index (χ3v) is 12.4. The summed E-state index contributed by atoms with van der Waals surface area (Å²) in [5.41, 5.74) is 19.6. The minimum absolute atomic E-state index is 0. The summed E-state index contributed by atoms with van der Waals surface area (Å²) in [5.74, 6) is -0.531. The Hall–Kier alpha value is -7.94. The topological polar surface area (TPSA) is 62.5 Å². The van der Waals surface area contributed by atoms with Gasteiger partial charge in [-0.2, -0.15) is 5.26 Å². The molecule has 3 aromatic heterocycles. The number of aryl methyl sites for hydroxylation is 5. The van der Waals surface area contributed by atoms with Crippen LogP contribution in [0.5, 0.6) is 0 Å². The zero-order chi connectivity index (χ0) is 46.2. The summed E-state index contributed by atoms with van der Waals surface area (Å²) in [4.78, 5) is 13.8. The Labute approximate surface area is 417 Å². The Bertz CT molecular complexity index is 3280. The van der Waals surface area contributed by atoms with E-state index in [1.165, 1.54) is 34.4 Å². The van der Waals surface area contributed by atoms with Crippen LogP contribution in [0.2, 0.25) is 0 Å². The molecular weight excluding hydrogens is 1020 g/mol. The minimum Gasteiger partial charge on any atom is -0.305 e. The van der Waals surface area contributed by atoms with Gasteiger partial charge < -0.3 is 15.0 Å². The van der Waals surface area contributed by atoms with Crippen molar-refractivity contribution in [1.29, 1.82) is 5.26 Å². The molecule has 0 N–H and O–H groups in total. The average Bonchev–Trinajstić information content (AvgIpc) is 3.40. The molecule has 3 heterocycles. The number of hydrogen-bond donors (Lipinski definition) is 0. The van der Waals surface area contributed by atoms with Gasteiger partial charge in [-0.3, -0.25) is 0 Å². The average molecular weight is 1070 g/mol. The monoisotopic (exact) mass is 1070 g/mol. The number of nitrogens with zero attached hydrogens (tertiary/aromatic N) is 4. The van der Waals surface area contributed by atoms with E-state index in [1.54, 1.807) is 6.07 Å². The van der Waals surface area contributed by atoms with Crippen molar-refractivity contribution in [3.63, 3.8) is 0 Å². The molecule has 0 saturated heterocycles. The Kier molecular flexibility index (Phi) is 14.3. The minimum atomic E-state index is -0.531. The van der Waals surface area contributed by atoms with E-state index in [9.17, 15) is 9.65 Å². The molecule has 10 rings (SSSR count). The summed E-state index contributed by atoms with van der Waals surface area (Å²) in [6.45, 7) is 2.03. The maximum atomic E-state index is 14.7. The number of rotatable bonds is 13. The van der Waals surface area contributed by atoms with Gasteiger partial charge in [0.1, 0.15) is 11.9 Å². The molecule has 10 aromatic rings. The summed E-state index contributed by atoms with van der Waals surface area (Å²) in [6.07, 6.45) is 8.96. The molecule has 0 radical (unpaired) electrons. The Morgan fingerprint density at radius 2 is 1.01 bits per heavy atom. The van der Waals surface area contributed by atoms with Crippen LogP contribution >= 0.6 is 0 Å². The molecule has 6 heteroatoms. The van der Waals surface area contributed by atoms with Crippen molar-refractivity contribution in [3.8, 4) is 84.3 Å². The van der Waals surface area contributed by atoms with Crippen LogP contribution in [0.15, 0.2) is 201 Å². The van der Waals surface area contributed by atoms with Crippen LogP contribution in [-0.2, 0) is 45.8 Å². The van der Waals surface area contributed by atoms with Gasteiger partial charge in [-0.05, 0) is 106 Å². The smallest absolute Gasteiger partial charge is 0.305 e. The molecule has 7 aromatic carbocycles. The molecule has 0 aliphatic heterocycles. The van der Waals surface area contributed by atoms with Crippen LogP contribution in [0, 0.1) is 42.3 Å². The molecule has 4 nitrogen and oxygen atoms in total. The van der Waals surface area contributed by atoms with Gasteiger partial charge in [0.15, 0.2) is 0 Å². The van der Waals surface area contributed by atoms with Crippen LogP contribution in [0.1, 0.15) is 33.4 Å². The molecule has 0 saturated carbocycles. The molecule has 332 valence electrons. The van der Waals surface area contributed by atoms with E-state index in [0.717, 1.165) is 104 Å². The van der Waals surface area contributed by atoms with Crippen LogP contribution in [0.3, 0.4) is 0 Å². The van der Waals surface area contributed by atoms with Crippen molar-refractivity contribution in [1.82, 2.24) is 15.0 Å². The molecule has 0 unspecified atom stereocenters. The number of aromatic nitrogens is 3. The van der Waals surface area contributed by atoms with Crippen LogP contribution in [-0.4, -0.2) is 15.0 Å². The van der Waals surface area contributed by atoms with Gasteiger partial charge in [0.05, 0.1) is 5.56 Å². The first-order chi connectivity index (χ1) is 33.4. The predicted molar refractivity (Wildman–Crippen MR) is 271 cm³/mol. The van der Waals surface area contributed by atoms with Crippen molar-refractivity contribution in [2.24, 2.45) is 0 Å². The molecular formula is C63H44FIrN4. The normalized spacial score (nSPS) is 10.9. The number of hydrogen-bond acceptors (Lipinski definition) is 4. The van der Waals surface area contributed by atoms with Crippen molar-refractivity contribution in [3.05, 3.63) is 258 Å². The van der Waals surface area contributed by atoms with Gasteiger partial charge in [0.2, 0.25) is 0 Å². The van der Waals surface area contributed by atoms with Gasteiger partial charge in [-0.25, -0.2) is 4.39 Å². The third kappa shape index (κ3) is 10.8. The first-order valence-electron chi connectivity index (χ1n) is 22.8. The van der Waals surface area contributed by atoms with Gasteiger partial charge in [0.25, 0.3) is 0 Å². The second-order valence-electron chi connectivity index (χ2n) is 17.0. The molecule has 0 atom stereocenters. The fourth-order valence-corrected chi connectivity index (χ4v) is 8.70. The first kappa shape index (κ1) is 46.2. The van der Waals surface area contributed by atoms with Gasteiger partial charge in [-0.15, -0.1) is 94.5 Å². The van der Waals surface area contributed by atoms with E-state index in [4.69, 9.17) is 4.98 Å². The Balaban J connectivity index is 0.00000593. The van der Waals surface area contributed by atoms with E-state index in [-0.39, 0.29) is 25.7 Å². The van der Waals surface area contributed by atoms with Crippen molar-refractivity contribution < 1.29 is 24.5 Å². The largest absolute Gasteiger partial charge is 3.00 e. The maximum Gasteiger partial charge on any atom is 3.00 e. The zero-order valence-electron chi connectivity index (χ0n) is 37.9. The molecule has 0 spiro atoms. The summed E-state index contributed by atoms with van der Waals surface area (Å²) in [5, 5.41) is 9.31. The zero-order valence-corrected chi connectivity index (χ0v) is 40.3. The quantitative estimate of drug-likeness (QED) is 0.108. The van der Waals surface area contributed by atoms with E-state index in [1.807, 2.05) is 86.2 Å². The summed E-state index contributed by atoms with van der Waals surface area (Å²) >= 11 is 0. The maximum absolute atomic E-state index is 14.7. The summed E-state index contributed by atoms with van der Waals surface area (Å²) in [6, 6.07) is 74.1. The standard InChI is InChI=1S/C63H44FN4.Ir/c1-43-12-33-63(68-42-43)53-31-32-58(59(39-53)49-27-25-48(26-28-49)52-29-30-54(41-65)60(64)40-52)57-9-3-2-8-56(57)55-37-46(15-13-44-17-21-50(22-18-44)61-10-4-6-34-66-61)36-47(38-55)16-14-45-19-23-51(24-20-45)62-11-5-7-35-67-62;/h2-12,17-21,23,25-30,32-40,42H,13-16H2,1H3;/q-3;+3. The molecule has 69 heavy (non-hydrogen) atoms. The van der Waals surface area contributed by atoms with Crippen LogP contribution in [0.25, 0.3) is 78.3 Å². The number of pyridine rings is 3. The molecule has 0 aliphatic carbocycles. The van der Waals surface area contributed by atoms with Gasteiger partial charge >= 0.3 is 20.1 Å². The first-order valence-corrected chi connectivity index (χ1v) is 22.8. The molecule has 0 bridgehead atoms. The summed E-state index contributed by atoms with van der Waals surface area (Å²) < 4.78 is 14.7. The molecule has 0 amide bonds. The van der Waals surface area contributed by atoms with E-state index < -0.39 is 5.82 Å². The van der Waals surface area contributed by atoms with Crippen molar-refractivity contribution in [2.75, 3.05) is 0 Å². The fraction of sp³-hybridized carbons (Fsp3) is 0.0794. The van der Waals surface area contributed by atoms with E-state index >= 15 is 0 Å². The Morgan fingerprint density at radius 1 is 0.449 bits per heavy atom. The second-order valence-corrected chi connectivity index (χ2v) is 17.0. The number of halogens is 1. The Morgan fingerprint density at radius 3 is 1.57 bits per heavy atom. The van der Waals surface area contributed by atoms with Gasteiger partial charge in [0, 0.05) is 18.6 Å². The van der Waals surface area contributed by atoms with Crippen LogP contribution < -0.4 is 0 Å². The summed E-state index contributed by atoms with van der Waals surface area (Å²) in [7, 11) is 0. The SMILES string of the molecule is Cc1ccc(-c2[c-]cc(-c3ccccc3-c3cc(CCc4c[c-]c(-c5ccccn5)cc4)cc(CCc4c[c-]c(-c5ccccn5)cc4)c3)c(-c3ccc(-c4ccc(C#N)c(F)c4)cc3)c2)nc1.[Ir+3]. The predicted octanol–water partition coefficient (Wildman–Crippen LogP) is 14.8. The third-order valence-electron chi connectivity index (χ3n) is 12.4. The van der Waals surface area contributed by atoms with E-state index in [2.05, 4.69) is 137 Å². The number of nitriles is 1. The second kappa shape index (κ2) is 21.3. The van der Waals surface area contributed by atoms with Crippen LogP contribution in [0.4, 0.5) is 4.39 Å². The van der Waals surface area contributed by atoms with Crippen molar-refractivity contribution >= 4 is 0 Å². The van der Waals surface area contributed by atoms with E-state index in [0.29, 0.717) is 5.56 Å². The van der Waals surface area contributed by atoms with Crippen molar-refractivity contribution in [2.45, 2.75) is 32.6 Å². The number of benzene rings is 7. The molecule has 0 fully saturated rings. The molecule has 0 aliphatic rings. The fourth-order valence-electron chi connectivity index (χ4n) is 8.70. The van der Waals surface area contributed by atoms with Gasteiger partial charge in [-0.1, -0.05) is 139 Å².